The zero-order valence-electron chi connectivity index (χ0n) is 7.55. The molecule has 0 spiro atoms. The summed E-state index contributed by atoms with van der Waals surface area (Å²) in [5, 5.41) is 11.5. The molecule has 0 aliphatic carbocycles. The van der Waals surface area contributed by atoms with Crippen LogP contribution in [0.25, 0.3) is 0 Å². The van der Waals surface area contributed by atoms with Gasteiger partial charge in [-0.3, -0.25) is 4.79 Å². The Bertz CT molecular complexity index is 190. The highest BCUT2D eigenvalue weighted by atomic mass is 16.4. The minimum absolute atomic E-state index is 0.320. The summed E-state index contributed by atoms with van der Waals surface area (Å²) < 4.78 is 0. The highest BCUT2D eigenvalue weighted by Crippen LogP contribution is 1.90. The van der Waals surface area contributed by atoms with E-state index in [2.05, 4.69) is 17.2 Å². The van der Waals surface area contributed by atoms with Gasteiger partial charge in [0.15, 0.2) is 0 Å². The third-order valence-corrected chi connectivity index (χ3v) is 1.48. The van der Waals surface area contributed by atoms with Gasteiger partial charge in [-0.15, -0.1) is 11.8 Å². The fourth-order valence-electron chi connectivity index (χ4n) is 0.682. The molecule has 0 rings (SSSR count). The molecule has 0 aromatic carbocycles. The van der Waals surface area contributed by atoms with Gasteiger partial charge in [-0.1, -0.05) is 6.92 Å². The number of carboxylic acids is 1. The van der Waals surface area contributed by atoms with Crippen LogP contribution in [-0.4, -0.2) is 24.2 Å². The van der Waals surface area contributed by atoms with Crippen molar-refractivity contribution in [1.29, 1.82) is 0 Å². The van der Waals surface area contributed by atoms with E-state index in [0.717, 1.165) is 13.0 Å². The van der Waals surface area contributed by atoms with Crippen LogP contribution in [0.5, 0.6) is 0 Å². The number of carbonyl (C=O) groups is 1. The van der Waals surface area contributed by atoms with Gasteiger partial charge in [0.1, 0.15) is 0 Å². The van der Waals surface area contributed by atoms with Crippen LogP contribution >= 0.6 is 0 Å². The third kappa shape index (κ3) is 5.75. The minimum Gasteiger partial charge on any atom is -0.481 e. The summed E-state index contributed by atoms with van der Waals surface area (Å²) in [5.74, 6) is 4.58. The molecule has 12 heavy (non-hydrogen) atoms. The molecule has 1 unspecified atom stereocenters. The Labute approximate surface area is 73.2 Å². The maximum absolute atomic E-state index is 10.4. The van der Waals surface area contributed by atoms with Gasteiger partial charge in [-0.2, -0.15) is 0 Å². The van der Waals surface area contributed by atoms with Crippen molar-refractivity contribution in [2.75, 3.05) is 13.1 Å². The summed E-state index contributed by atoms with van der Waals surface area (Å²) in [6, 6.07) is 0. The molecule has 0 amide bonds. The number of carboxylic acid groups (broad SMARTS) is 1. The van der Waals surface area contributed by atoms with Crippen molar-refractivity contribution < 1.29 is 9.90 Å². The molecule has 0 aliphatic rings. The first-order valence-corrected chi connectivity index (χ1v) is 4.01. The monoisotopic (exact) mass is 169 g/mol. The van der Waals surface area contributed by atoms with Crippen molar-refractivity contribution >= 4 is 5.97 Å². The second kappa shape index (κ2) is 6.68. The highest BCUT2D eigenvalue weighted by Gasteiger charge is 2.08. The van der Waals surface area contributed by atoms with E-state index in [4.69, 9.17) is 5.11 Å². The van der Waals surface area contributed by atoms with E-state index in [9.17, 15) is 4.79 Å². The predicted molar refractivity (Wildman–Crippen MR) is 47.7 cm³/mol. The smallest absolute Gasteiger partial charge is 0.307 e. The molecule has 0 saturated heterocycles. The second-order valence-electron chi connectivity index (χ2n) is 2.62. The lowest BCUT2D eigenvalue weighted by Crippen LogP contribution is -2.26. The maximum atomic E-state index is 10.4. The van der Waals surface area contributed by atoms with Gasteiger partial charge in [0.2, 0.25) is 0 Å². The quantitative estimate of drug-likeness (QED) is 0.470. The van der Waals surface area contributed by atoms with Gasteiger partial charge in [0.25, 0.3) is 0 Å². The Hall–Kier alpha value is -1.01. The number of aliphatic carboxylic acids is 1. The SMILES string of the molecule is CC#CCCNCC(C)C(=O)O. The van der Waals surface area contributed by atoms with E-state index in [-0.39, 0.29) is 5.92 Å². The van der Waals surface area contributed by atoms with Crippen LogP contribution in [0.3, 0.4) is 0 Å². The zero-order chi connectivity index (χ0) is 9.40. The minimum atomic E-state index is -0.760. The molecule has 0 radical (unpaired) electrons. The summed E-state index contributed by atoms with van der Waals surface area (Å²) in [6.45, 7) is 4.75. The molecular formula is C9H15NO2. The van der Waals surface area contributed by atoms with Gasteiger partial charge < -0.3 is 10.4 Å². The summed E-state index contributed by atoms with van der Waals surface area (Å²) in [6.07, 6.45) is 0.781. The molecule has 0 aromatic heterocycles. The molecule has 1 atom stereocenters. The van der Waals surface area contributed by atoms with E-state index in [0.29, 0.717) is 6.54 Å². The molecule has 2 N–H and O–H groups in total. The molecule has 0 aromatic rings. The van der Waals surface area contributed by atoms with Crippen LogP contribution in [0.4, 0.5) is 0 Å². The third-order valence-electron chi connectivity index (χ3n) is 1.48. The Balaban J connectivity index is 3.29. The van der Waals surface area contributed by atoms with E-state index in [1.54, 1.807) is 13.8 Å². The zero-order valence-corrected chi connectivity index (χ0v) is 7.55. The van der Waals surface area contributed by atoms with E-state index >= 15 is 0 Å². The average molecular weight is 169 g/mol. The fourth-order valence-corrected chi connectivity index (χ4v) is 0.682. The lowest BCUT2D eigenvalue weighted by molar-refractivity contribution is -0.140. The van der Waals surface area contributed by atoms with Gasteiger partial charge in [-0.25, -0.2) is 0 Å². The van der Waals surface area contributed by atoms with Crippen molar-refractivity contribution in [2.24, 2.45) is 5.92 Å². The van der Waals surface area contributed by atoms with Crippen LogP contribution < -0.4 is 5.32 Å². The molecular weight excluding hydrogens is 154 g/mol. The Kier molecular flexibility index (Phi) is 6.12. The summed E-state index contributed by atoms with van der Waals surface area (Å²) in [4.78, 5) is 10.4. The number of rotatable bonds is 5. The van der Waals surface area contributed by atoms with Crippen molar-refractivity contribution in [1.82, 2.24) is 5.32 Å². The summed E-state index contributed by atoms with van der Waals surface area (Å²) >= 11 is 0. The lowest BCUT2D eigenvalue weighted by atomic mass is 10.2. The maximum Gasteiger partial charge on any atom is 0.307 e. The standard InChI is InChI=1S/C9H15NO2/c1-3-4-5-6-10-7-8(2)9(11)12/h8,10H,5-7H2,1-2H3,(H,11,12). The van der Waals surface area contributed by atoms with Gasteiger partial charge in [0, 0.05) is 19.5 Å². The van der Waals surface area contributed by atoms with E-state index in [1.165, 1.54) is 0 Å². The Morgan fingerprint density at radius 3 is 2.83 bits per heavy atom. The Morgan fingerprint density at radius 1 is 1.67 bits per heavy atom. The second-order valence-corrected chi connectivity index (χ2v) is 2.62. The molecule has 0 saturated carbocycles. The molecule has 0 heterocycles. The van der Waals surface area contributed by atoms with Crippen LogP contribution in [-0.2, 0) is 4.79 Å². The molecule has 68 valence electrons. The van der Waals surface area contributed by atoms with Gasteiger partial charge in [-0.05, 0) is 6.92 Å². The first kappa shape index (κ1) is 11.0. The lowest BCUT2D eigenvalue weighted by Gasteiger charge is -2.05. The van der Waals surface area contributed by atoms with Crippen LogP contribution in [0.2, 0.25) is 0 Å². The van der Waals surface area contributed by atoms with Crippen molar-refractivity contribution in [3.05, 3.63) is 0 Å². The van der Waals surface area contributed by atoms with Gasteiger partial charge in [0.05, 0.1) is 5.92 Å². The predicted octanol–water partition coefficient (Wildman–Crippen LogP) is 0.710. The molecule has 3 nitrogen and oxygen atoms in total. The highest BCUT2D eigenvalue weighted by molar-refractivity contribution is 5.69. The first-order chi connectivity index (χ1) is 5.68. The molecule has 0 fully saturated rings. The first-order valence-electron chi connectivity index (χ1n) is 4.01. The normalized spacial score (nSPS) is 11.5. The molecule has 0 aliphatic heterocycles. The Morgan fingerprint density at radius 2 is 2.33 bits per heavy atom. The van der Waals surface area contributed by atoms with Gasteiger partial charge >= 0.3 is 5.97 Å². The van der Waals surface area contributed by atoms with E-state index in [1.807, 2.05) is 0 Å². The van der Waals surface area contributed by atoms with Crippen LogP contribution in [0.15, 0.2) is 0 Å². The number of hydrogen-bond donors (Lipinski definition) is 2. The van der Waals surface area contributed by atoms with Crippen molar-refractivity contribution in [2.45, 2.75) is 20.3 Å². The molecule has 0 bridgehead atoms. The van der Waals surface area contributed by atoms with Crippen molar-refractivity contribution in [3.8, 4) is 11.8 Å². The van der Waals surface area contributed by atoms with E-state index < -0.39 is 5.97 Å². The molecule has 3 heteroatoms. The van der Waals surface area contributed by atoms with Crippen LogP contribution in [0, 0.1) is 17.8 Å². The average Bonchev–Trinajstić information content (AvgIpc) is 2.03. The van der Waals surface area contributed by atoms with Crippen LogP contribution in [0.1, 0.15) is 20.3 Å². The number of hydrogen-bond acceptors (Lipinski definition) is 2. The topological polar surface area (TPSA) is 49.3 Å². The summed E-state index contributed by atoms with van der Waals surface area (Å²) in [5.41, 5.74) is 0. The number of nitrogens with one attached hydrogen (secondary N) is 1. The largest absolute Gasteiger partial charge is 0.481 e. The fraction of sp³-hybridized carbons (Fsp3) is 0.667. The summed E-state index contributed by atoms with van der Waals surface area (Å²) in [7, 11) is 0. The van der Waals surface area contributed by atoms with Crippen molar-refractivity contribution in [3.63, 3.8) is 0 Å².